The number of fused-ring (bicyclic) bond motifs is 1. The standard InChI is InChI=1S/C20H26O4/c1-13-3-7-20-12-24-15(9-16(20)18(21)22)10-17(20)19(13,2)6-4-14-5-8-23-11-14/h5,8-9,11,13,15,17H,3-4,6-7,10,12H2,1-2H3,(H,21,22)/t13-,15-,17+,19+,20-/m1/s1. The Morgan fingerprint density at radius 2 is 2.29 bits per heavy atom. The Morgan fingerprint density at radius 3 is 3.00 bits per heavy atom. The van der Waals surface area contributed by atoms with Crippen LogP contribution in [0.4, 0.5) is 0 Å². The van der Waals surface area contributed by atoms with Gasteiger partial charge >= 0.3 is 5.97 Å². The molecule has 3 heterocycles. The molecule has 4 aliphatic rings. The second-order valence-corrected chi connectivity index (χ2v) is 8.26. The fraction of sp³-hybridized carbons (Fsp3) is 0.650. The summed E-state index contributed by atoms with van der Waals surface area (Å²) in [5, 5.41) is 9.77. The summed E-state index contributed by atoms with van der Waals surface area (Å²) in [5.41, 5.74) is 1.69. The lowest BCUT2D eigenvalue weighted by Crippen LogP contribution is -2.59. The maximum absolute atomic E-state index is 11.9. The summed E-state index contributed by atoms with van der Waals surface area (Å²) in [5.74, 6) is 0.227. The minimum atomic E-state index is -0.750. The quantitative estimate of drug-likeness (QED) is 0.904. The van der Waals surface area contributed by atoms with Crippen molar-refractivity contribution in [2.24, 2.45) is 22.7 Å². The lowest BCUT2D eigenvalue weighted by atomic mass is 9.45. The molecule has 1 saturated carbocycles. The number of ether oxygens (including phenoxy) is 1. The summed E-state index contributed by atoms with van der Waals surface area (Å²) >= 11 is 0. The van der Waals surface area contributed by atoms with Gasteiger partial charge in [0.1, 0.15) is 0 Å². The average Bonchev–Trinajstić information content (AvgIpc) is 3.10. The van der Waals surface area contributed by atoms with E-state index in [2.05, 4.69) is 13.8 Å². The van der Waals surface area contributed by atoms with Gasteiger partial charge in [-0.15, -0.1) is 0 Å². The van der Waals surface area contributed by atoms with Crippen molar-refractivity contribution in [1.82, 2.24) is 0 Å². The van der Waals surface area contributed by atoms with Gasteiger partial charge in [0.05, 0.1) is 25.2 Å². The normalized spacial score (nSPS) is 40.9. The van der Waals surface area contributed by atoms with E-state index < -0.39 is 5.97 Å². The molecule has 5 atom stereocenters. The van der Waals surface area contributed by atoms with Crippen LogP contribution >= 0.6 is 0 Å². The molecule has 4 heteroatoms. The van der Waals surface area contributed by atoms with Gasteiger partial charge in [0.15, 0.2) is 0 Å². The molecular formula is C20H26O4. The van der Waals surface area contributed by atoms with Crippen LogP contribution in [-0.2, 0) is 16.0 Å². The van der Waals surface area contributed by atoms with E-state index in [1.54, 1.807) is 6.26 Å². The van der Waals surface area contributed by atoms with E-state index in [4.69, 9.17) is 9.15 Å². The van der Waals surface area contributed by atoms with Crippen molar-refractivity contribution in [3.05, 3.63) is 35.8 Å². The molecule has 130 valence electrons. The first kappa shape index (κ1) is 15.9. The van der Waals surface area contributed by atoms with Crippen LogP contribution in [0.5, 0.6) is 0 Å². The van der Waals surface area contributed by atoms with Gasteiger partial charge in [-0.2, -0.15) is 0 Å². The van der Waals surface area contributed by atoms with Gasteiger partial charge in [-0.05, 0) is 67.1 Å². The van der Waals surface area contributed by atoms with Crippen molar-refractivity contribution in [2.45, 2.75) is 52.1 Å². The zero-order chi connectivity index (χ0) is 16.9. The van der Waals surface area contributed by atoms with Gasteiger partial charge in [-0.25, -0.2) is 4.79 Å². The molecule has 2 aliphatic heterocycles. The van der Waals surface area contributed by atoms with Crippen LogP contribution in [0.15, 0.2) is 34.7 Å². The number of carboxylic acids is 1. The Kier molecular flexibility index (Phi) is 3.64. The number of hydrogen-bond acceptors (Lipinski definition) is 3. The first-order chi connectivity index (χ1) is 11.5. The molecule has 0 amide bonds. The van der Waals surface area contributed by atoms with Gasteiger partial charge in [-0.1, -0.05) is 13.8 Å². The highest BCUT2D eigenvalue weighted by molar-refractivity contribution is 5.89. The molecule has 2 fully saturated rings. The molecule has 1 N–H and O–H groups in total. The molecule has 1 spiro atoms. The lowest BCUT2D eigenvalue weighted by molar-refractivity contribution is -0.170. The zero-order valence-electron chi connectivity index (χ0n) is 14.5. The zero-order valence-corrected chi connectivity index (χ0v) is 14.5. The number of hydrogen-bond donors (Lipinski definition) is 1. The summed E-state index contributed by atoms with van der Waals surface area (Å²) in [4.78, 5) is 11.9. The van der Waals surface area contributed by atoms with Crippen LogP contribution in [0.1, 0.15) is 45.1 Å². The number of aliphatic carboxylic acids is 1. The smallest absolute Gasteiger partial charge is 0.332 e. The minimum Gasteiger partial charge on any atom is -0.478 e. The first-order valence-electron chi connectivity index (χ1n) is 9.04. The van der Waals surface area contributed by atoms with Crippen molar-refractivity contribution in [3.8, 4) is 0 Å². The molecule has 0 unspecified atom stereocenters. The molecule has 4 nitrogen and oxygen atoms in total. The van der Waals surface area contributed by atoms with Crippen LogP contribution in [0.3, 0.4) is 0 Å². The molecule has 0 aromatic carbocycles. The van der Waals surface area contributed by atoms with Crippen LogP contribution in [-0.4, -0.2) is 23.8 Å². The fourth-order valence-electron chi connectivity index (χ4n) is 5.60. The first-order valence-corrected chi connectivity index (χ1v) is 9.04. The highest BCUT2D eigenvalue weighted by atomic mass is 16.5. The lowest BCUT2D eigenvalue weighted by Gasteiger charge is -2.62. The maximum Gasteiger partial charge on any atom is 0.332 e. The number of carbonyl (C=O) groups is 1. The van der Waals surface area contributed by atoms with Crippen LogP contribution in [0.25, 0.3) is 0 Å². The van der Waals surface area contributed by atoms with Gasteiger partial charge in [0.2, 0.25) is 0 Å². The summed E-state index contributed by atoms with van der Waals surface area (Å²) in [6.45, 7) is 5.30. The Morgan fingerprint density at radius 1 is 1.46 bits per heavy atom. The Hall–Kier alpha value is -1.55. The average molecular weight is 330 g/mol. The monoisotopic (exact) mass is 330 g/mol. The van der Waals surface area contributed by atoms with Crippen LogP contribution in [0, 0.1) is 22.7 Å². The van der Waals surface area contributed by atoms with Crippen LogP contribution in [0.2, 0.25) is 0 Å². The van der Waals surface area contributed by atoms with Gasteiger partial charge in [0.25, 0.3) is 0 Å². The highest BCUT2D eigenvalue weighted by Crippen LogP contribution is 2.64. The Labute approximate surface area is 142 Å². The molecular weight excluding hydrogens is 304 g/mol. The summed E-state index contributed by atoms with van der Waals surface area (Å²) < 4.78 is 11.2. The van der Waals surface area contributed by atoms with Crippen molar-refractivity contribution < 1.29 is 19.1 Å². The van der Waals surface area contributed by atoms with E-state index in [0.717, 1.165) is 32.1 Å². The van der Waals surface area contributed by atoms with Crippen LogP contribution < -0.4 is 0 Å². The van der Waals surface area contributed by atoms with Crippen molar-refractivity contribution in [3.63, 3.8) is 0 Å². The molecule has 1 saturated heterocycles. The van der Waals surface area contributed by atoms with E-state index in [0.29, 0.717) is 24.0 Å². The van der Waals surface area contributed by atoms with E-state index in [9.17, 15) is 9.90 Å². The fourth-order valence-corrected chi connectivity index (χ4v) is 5.60. The van der Waals surface area contributed by atoms with E-state index >= 15 is 0 Å². The molecule has 0 radical (unpaired) electrons. The molecule has 2 bridgehead atoms. The number of aryl methyl sites for hydroxylation is 1. The number of rotatable bonds is 4. The van der Waals surface area contributed by atoms with E-state index in [1.165, 1.54) is 5.56 Å². The maximum atomic E-state index is 11.9. The van der Waals surface area contributed by atoms with Crippen molar-refractivity contribution in [1.29, 1.82) is 0 Å². The summed E-state index contributed by atoms with van der Waals surface area (Å²) in [6.07, 6.45) is 10.4. The second-order valence-electron chi connectivity index (χ2n) is 8.26. The summed E-state index contributed by atoms with van der Waals surface area (Å²) in [7, 11) is 0. The van der Waals surface area contributed by atoms with Crippen molar-refractivity contribution in [2.75, 3.05) is 6.61 Å². The highest BCUT2D eigenvalue weighted by Gasteiger charge is 2.61. The minimum absolute atomic E-state index is 0.0264. The predicted molar refractivity (Wildman–Crippen MR) is 89.5 cm³/mol. The van der Waals surface area contributed by atoms with Gasteiger partial charge in [-0.3, -0.25) is 0 Å². The van der Waals surface area contributed by atoms with Gasteiger partial charge < -0.3 is 14.3 Å². The van der Waals surface area contributed by atoms with E-state index in [-0.39, 0.29) is 16.9 Å². The third kappa shape index (κ3) is 2.19. The molecule has 5 rings (SSSR count). The van der Waals surface area contributed by atoms with Gasteiger partial charge in [0, 0.05) is 11.0 Å². The van der Waals surface area contributed by atoms with E-state index in [1.807, 2.05) is 18.4 Å². The third-order valence-corrected chi connectivity index (χ3v) is 7.29. The second kappa shape index (κ2) is 5.48. The Balaban J connectivity index is 1.67. The summed E-state index contributed by atoms with van der Waals surface area (Å²) in [6, 6.07) is 2.03. The Bertz CT molecular complexity index is 661. The SMILES string of the molecule is C[C@@H]1CC[C@@]23CO[C@H](C=C2C(=O)O)C[C@H]3[C@@]1(C)CCc1ccoc1. The topological polar surface area (TPSA) is 59.7 Å². The molecule has 24 heavy (non-hydrogen) atoms. The molecule has 1 aromatic heterocycles. The largest absolute Gasteiger partial charge is 0.478 e. The predicted octanol–water partition coefficient (Wildman–Crippen LogP) is 4.06. The third-order valence-electron chi connectivity index (χ3n) is 7.29. The number of carboxylic acid groups (broad SMARTS) is 1. The molecule has 2 aliphatic carbocycles. The van der Waals surface area contributed by atoms with Crippen molar-refractivity contribution >= 4 is 5.97 Å². The molecule has 1 aromatic rings. The number of furan rings is 1.